The zero-order valence-electron chi connectivity index (χ0n) is 25.5. The van der Waals surface area contributed by atoms with Gasteiger partial charge < -0.3 is 14.9 Å². The Kier molecular flexibility index (Phi) is 20.1. The first-order valence-corrected chi connectivity index (χ1v) is 17.0. The highest BCUT2D eigenvalue weighted by molar-refractivity contribution is 8.00. The number of unbranched alkanes of at least 4 members (excludes halogenated alkanes) is 11. The van der Waals surface area contributed by atoms with Crippen molar-refractivity contribution in [1.82, 2.24) is 9.80 Å². The molecule has 222 valence electrons. The van der Waals surface area contributed by atoms with Crippen LogP contribution in [0, 0.1) is 5.92 Å². The van der Waals surface area contributed by atoms with Gasteiger partial charge in [-0.2, -0.15) is 0 Å². The zero-order valence-corrected chi connectivity index (χ0v) is 26.3. The third-order valence-electron chi connectivity index (χ3n) is 8.23. The van der Waals surface area contributed by atoms with Gasteiger partial charge in [0, 0.05) is 32.6 Å². The van der Waals surface area contributed by atoms with Crippen LogP contribution in [0.3, 0.4) is 0 Å². The van der Waals surface area contributed by atoms with E-state index in [1.165, 1.54) is 76.2 Å². The topological polar surface area (TPSA) is 60.9 Å². The first kappa shape index (κ1) is 35.0. The van der Waals surface area contributed by atoms with Gasteiger partial charge in [-0.05, 0) is 59.3 Å². The molecule has 1 aliphatic rings. The molecule has 5 nitrogen and oxygen atoms in total. The third kappa shape index (κ3) is 13.4. The summed E-state index contributed by atoms with van der Waals surface area (Å²) in [5.74, 6) is 0.618. The van der Waals surface area contributed by atoms with Crippen molar-refractivity contribution < 1.29 is 14.7 Å². The molecule has 1 aliphatic carbocycles. The highest BCUT2D eigenvalue weighted by atomic mass is 32.2. The Bertz CT molecular complexity index is 661. The van der Waals surface area contributed by atoms with Gasteiger partial charge in [-0.25, -0.2) is 0 Å². The predicted octanol–water partition coefficient (Wildman–Crippen LogP) is 7.61. The molecule has 0 spiro atoms. The molecule has 0 aromatic carbocycles. The van der Waals surface area contributed by atoms with E-state index in [4.69, 9.17) is 0 Å². The largest absolute Gasteiger partial charge is 0.391 e. The van der Waals surface area contributed by atoms with Crippen LogP contribution in [0.1, 0.15) is 131 Å². The lowest BCUT2D eigenvalue weighted by Crippen LogP contribution is -2.42. The summed E-state index contributed by atoms with van der Waals surface area (Å²) < 4.78 is 0. The number of hydrogen-bond donors (Lipinski definition) is 1. The first-order valence-electron chi connectivity index (χ1n) is 16.0. The highest BCUT2D eigenvalue weighted by Crippen LogP contribution is 2.39. The van der Waals surface area contributed by atoms with Crippen molar-refractivity contribution in [1.29, 1.82) is 0 Å². The molecule has 0 aromatic rings. The number of nitrogens with zero attached hydrogens (tertiary/aromatic N) is 2. The van der Waals surface area contributed by atoms with Crippen LogP contribution in [-0.2, 0) is 9.59 Å². The molecule has 1 rings (SSSR count). The second-order valence-corrected chi connectivity index (χ2v) is 12.1. The van der Waals surface area contributed by atoms with E-state index in [0.717, 1.165) is 19.3 Å². The lowest BCUT2D eigenvalue weighted by molar-refractivity contribution is -0.133. The average Bonchev–Trinajstić information content (AvgIpc) is 2.91. The summed E-state index contributed by atoms with van der Waals surface area (Å²) in [5, 5.41) is 11.3. The molecule has 0 radical (unpaired) electrons. The van der Waals surface area contributed by atoms with Crippen molar-refractivity contribution in [3.8, 4) is 0 Å². The molecule has 0 heterocycles. The van der Waals surface area contributed by atoms with E-state index in [0.29, 0.717) is 38.4 Å². The summed E-state index contributed by atoms with van der Waals surface area (Å²) in [6.07, 6.45) is 19.7. The van der Waals surface area contributed by atoms with Crippen LogP contribution in [0.4, 0.5) is 0 Å². The quantitative estimate of drug-likeness (QED) is 0.118. The van der Waals surface area contributed by atoms with Crippen LogP contribution in [0.15, 0.2) is 11.6 Å². The molecule has 2 amide bonds. The standard InChI is InChI=1S/C32H60N2O3S/c1-6-11-12-13-14-15-16-17-18-19-20-21-22-27-23-24-28(25-29(35)33(7-2)8-3)31(37)32(27)38-26-30(36)34(9-4)10-5/h22,28,31-32,37H,6-21,23-26H2,1-5H3/b27-22+/t28-,31-,32-/m0/s1. The smallest absolute Gasteiger partial charge is 0.232 e. The monoisotopic (exact) mass is 552 g/mol. The van der Waals surface area contributed by atoms with Crippen LogP contribution in [0.5, 0.6) is 0 Å². The lowest BCUT2D eigenvalue weighted by atomic mass is 9.80. The summed E-state index contributed by atoms with van der Waals surface area (Å²) in [5.41, 5.74) is 1.29. The first-order chi connectivity index (χ1) is 18.4. The van der Waals surface area contributed by atoms with Crippen molar-refractivity contribution >= 4 is 23.6 Å². The van der Waals surface area contributed by atoms with Gasteiger partial charge in [-0.3, -0.25) is 9.59 Å². The van der Waals surface area contributed by atoms with Gasteiger partial charge in [0.25, 0.3) is 0 Å². The van der Waals surface area contributed by atoms with Crippen LogP contribution < -0.4 is 0 Å². The fourth-order valence-electron chi connectivity index (χ4n) is 5.63. The second-order valence-electron chi connectivity index (χ2n) is 11.0. The third-order valence-corrected chi connectivity index (χ3v) is 9.59. The number of amides is 2. The maximum atomic E-state index is 12.8. The van der Waals surface area contributed by atoms with E-state index in [1.807, 2.05) is 37.5 Å². The Labute approximate surface area is 239 Å². The molecule has 1 fully saturated rings. The van der Waals surface area contributed by atoms with Crippen molar-refractivity contribution in [2.24, 2.45) is 5.92 Å². The molecular formula is C32H60N2O3S. The zero-order chi connectivity index (χ0) is 28.2. The van der Waals surface area contributed by atoms with Crippen LogP contribution in [-0.4, -0.2) is 70.0 Å². The molecule has 0 aromatic heterocycles. The maximum Gasteiger partial charge on any atom is 0.232 e. The van der Waals surface area contributed by atoms with Crippen molar-refractivity contribution in [3.63, 3.8) is 0 Å². The molecular weight excluding hydrogens is 492 g/mol. The van der Waals surface area contributed by atoms with E-state index < -0.39 is 6.10 Å². The molecule has 0 saturated heterocycles. The Morgan fingerprint density at radius 3 is 1.82 bits per heavy atom. The van der Waals surface area contributed by atoms with Crippen LogP contribution in [0.2, 0.25) is 0 Å². The molecule has 1 N–H and O–H groups in total. The average molecular weight is 553 g/mol. The van der Waals surface area contributed by atoms with Crippen molar-refractivity contribution in [3.05, 3.63) is 11.6 Å². The van der Waals surface area contributed by atoms with Gasteiger partial charge in [0.2, 0.25) is 11.8 Å². The van der Waals surface area contributed by atoms with Crippen molar-refractivity contribution in [2.75, 3.05) is 31.9 Å². The number of thioether (sulfide) groups is 1. The Morgan fingerprint density at radius 2 is 1.29 bits per heavy atom. The molecule has 6 heteroatoms. The van der Waals surface area contributed by atoms with E-state index in [2.05, 4.69) is 13.0 Å². The molecule has 0 unspecified atom stereocenters. The number of rotatable bonds is 21. The van der Waals surface area contributed by atoms with E-state index in [-0.39, 0.29) is 23.0 Å². The minimum absolute atomic E-state index is 0.0386. The number of carbonyl (C=O) groups is 2. The van der Waals surface area contributed by atoms with Gasteiger partial charge in [-0.15, -0.1) is 11.8 Å². The van der Waals surface area contributed by atoms with E-state index in [9.17, 15) is 14.7 Å². The summed E-state index contributed by atoms with van der Waals surface area (Å²) in [4.78, 5) is 29.2. The Morgan fingerprint density at radius 1 is 0.789 bits per heavy atom. The fourth-order valence-corrected chi connectivity index (χ4v) is 6.98. The molecule has 0 aliphatic heterocycles. The highest BCUT2D eigenvalue weighted by Gasteiger charge is 2.37. The number of aliphatic hydroxyl groups is 1. The van der Waals surface area contributed by atoms with Gasteiger partial charge in [-0.1, -0.05) is 82.8 Å². The van der Waals surface area contributed by atoms with Crippen LogP contribution in [0.25, 0.3) is 0 Å². The Balaban J connectivity index is 2.61. The predicted molar refractivity (Wildman–Crippen MR) is 165 cm³/mol. The van der Waals surface area contributed by atoms with E-state index >= 15 is 0 Å². The van der Waals surface area contributed by atoms with Gasteiger partial charge >= 0.3 is 0 Å². The van der Waals surface area contributed by atoms with E-state index in [1.54, 1.807) is 11.8 Å². The van der Waals surface area contributed by atoms with Gasteiger partial charge in [0.15, 0.2) is 0 Å². The lowest BCUT2D eigenvalue weighted by Gasteiger charge is -2.37. The fraction of sp³-hybridized carbons (Fsp3) is 0.875. The SMILES string of the molecule is CCCCCCCCCCCCC/C=C1\CC[C@@H](CC(=O)N(CC)CC)[C@H](O)[C@H]1SCC(=O)N(CC)CC. The second kappa shape index (κ2) is 21.8. The minimum Gasteiger partial charge on any atom is -0.391 e. The maximum absolute atomic E-state index is 12.8. The summed E-state index contributed by atoms with van der Waals surface area (Å²) in [6, 6.07) is 0. The number of aliphatic hydroxyl groups excluding tert-OH is 1. The normalized spacial score (nSPS) is 20.6. The number of allylic oxidation sites excluding steroid dienone is 1. The van der Waals surface area contributed by atoms with Crippen molar-refractivity contribution in [2.45, 2.75) is 142 Å². The summed E-state index contributed by atoms with van der Waals surface area (Å²) in [6.45, 7) is 13.1. The Hall–Kier alpha value is -1.01. The number of hydrogen-bond acceptors (Lipinski definition) is 4. The molecule has 1 saturated carbocycles. The molecule has 3 atom stereocenters. The molecule has 0 bridgehead atoms. The van der Waals surface area contributed by atoms with Gasteiger partial charge in [0.05, 0.1) is 17.1 Å². The number of carbonyl (C=O) groups excluding carboxylic acids is 2. The van der Waals surface area contributed by atoms with Crippen LogP contribution >= 0.6 is 11.8 Å². The van der Waals surface area contributed by atoms with Gasteiger partial charge in [0.1, 0.15) is 0 Å². The summed E-state index contributed by atoms with van der Waals surface area (Å²) in [7, 11) is 0. The summed E-state index contributed by atoms with van der Waals surface area (Å²) >= 11 is 1.58. The minimum atomic E-state index is -0.582. The molecule has 38 heavy (non-hydrogen) atoms.